The van der Waals surface area contributed by atoms with Gasteiger partial charge in [0.15, 0.2) is 17.3 Å². The first kappa shape index (κ1) is 33.2. The number of hydrogen-bond acceptors (Lipinski definition) is 5. The Kier molecular flexibility index (Phi) is 10.0. The number of carbonyl (C=O) groups excluding carboxylic acids is 1. The summed E-state index contributed by atoms with van der Waals surface area (Å²) in [5.74, 6) is 2.21. The second kappa shape index (κ2) is 14.2. The second-order valence-electron chi connectivity index (χ2n) is 14.3. The summed E-state index contributed by atoms with van der Waals surface area (Å²) in [4.78, 5) is 15.9. The molecule has 6 rings (SSSR count). The number of carbonyl (C=O) groups is 1. The lowest BCUT2D eigenvalue weighted by Crippen LogP contribution is -2.66. The summed E-state index contributed by atoms with van der Waals surface area (Å²) in [5.41, 5.74) is 4.50. The molecule has 0 spiro atoms. The lowest BCUT2D eigenvalue weighted by Gasteiger charge is -2.43. The third kappa shape index (κ3) is 6.82. The molecule has 1 unspecified atom stereocenters. The normalized spacial score (nSPS) is 17.5. The lowest BCUT2D eigenvalue weighted by atomic mass is 9.85. The smallest absolute Gasteiger partial charge is 0.261 e. The van der Waals surface area contributed by atoms with Gasteiger partial charge in [-0.3, -0.25) is 9.69 Å². The SMILES string of the molecule is COc1cc2c(cc1OC)C(=O)C(CC1CCN(Cc3ccccc3CO[Si](c3ccccc3)(c3ccccc3)C(C)(C)C)CC1)C2. The summed E-state index contributed by atoms with van der Waals surface area (Å²) in [6.07, 6.45) is 3.99. The van der Waals surface area contributed by atoms with E-state index in [0.29, 0.717) is 24.0 Å². The lowest BCUT2D eigenvalue weighted by molar-refractivity contribution is 0.0895. The summed E-state index contributed by atoms with van der Waals surface area (Å²) in [7, 11) is 0.639. The molecule has 6 heteroatoms. The number of rotatable bonds is 11. The molecule has 0 N–H and O–H groups in total. The molecule has 1 aliphatic carbocycles. The zero-order valence-corrected chi connectivity index (χ0v) is 29.6. The fourth-order valence-electron chi connectivity index (χ4n) is 7.91. The molecule has 246 valence electrons. The van der Waals surface area contributed by atoms with Crippen molar-refractivity contribution in [2.45, 2.75) is 64.6 Å². The van der Waals surface area contributed by atoms with Gasteiger partial charge in [-0.15, -0.1) is 0 Å². The van der Waals surface area contributed by atoms with Gasteiger partial charge in [-0.2, -0.15) is 0 Å². The predicted molar refractivity (Wildman–Crippen MR) is 193 cm³/mol. The van der Waals surface area contributed by atoms with Crippen molar-refractivity contribution in [3.8, 4) is 11.5 Å². The highest BCUT2D eigenvalue weighted by atomic mass is 28.4. The molecular weight excluding hydrogens is 599 g/mol. The topological polar surface area (TPSA) is 48.0 Å². The quantitative estimate of drug-likeness (QED) is 0.159. The van der Waals surface area contributed by atoms with E-state index < -0.39 is 8.32 Å². The van der Waals surface area contributed by atoms with Crippen LogP contribution in [0.25, 0.3) is 0 Å². The highest BCUT2D eigenvalue weighted by Gasteiger charge is 2.50. The van der Waals surface area contributed by atoms with Crippen LogP contribution in [0.2, 0.25) is 5.04 Å². The van der Waals surface area contributed by atoms with E-state index in [4.69, 9.17) is 13.9 Å². The number of hydrogen-bond donors (Lipinski definition) is 0. The Morgan fingerprint density at radius 2 is 1.32 bits per heavy atom. The van der Waals surface area contributed by atoms with Crippen LogP contribution < -0.4 is 19.8 Å². The Hall–Kier alpha value is -3.71. The van der Waals surface area contributed by atoms with Gasteiger partial charge in [0.1, 0.15) is 0 Å². The summed E-state index contributed by atoms with van der Waals surface area (Å²) in [6.45, 7) is 10.6. The highest BCUT2D eigenvalue weighted by Crippen LogP contribution is 2.40. The molecule has 1 saturated heterocycles. The van der Waals surface area contributed by atoms with Crippen molar-refractivity contribution in [3.05, 3.63) is 119 Å². The first-order valence-electron chi connectivity index (χ1n) is 17.1. The maximum Gasteiger partial charge on any atom is 0.261 e. The molecule has 2 aliphatic rings. The van der Waals surface area contributed by atoms with Crippen LogP contribution in [-0.2, 0) is 24.0 Å². The number of piperidine rings is 1. The predicted octanol–water partition coefficient (Wildman–Crippen LogP) is 7.44. The Labute approximate surface area is 282 Å². The van der Waals surface area contributed by atoms with Crippen molar-refractivity contribution in [2.24, 2.45) is 11.8 Å². The number of ketones is 1. The van der Waals surface area contributed by atoms with Crippen molar-refractivity contribution in [2.75, 3.05) is 27.3 Å². The number of fused-ring (bicyclic) bond motifs is 1. The fourth-order valence-corrected chi connectivity index (χ4v) is 12.4. The van der Waals surface area contributed by atoms with Gasteiger partial charge < -0.3 is 13.9 Å². The van der Waals surface area contributed by atoms with Crippen molar-refractivity contribution < 1.29 is 18.7 Å². The Morgan fingerprint density at radius 3 is 1.89 bits per heavy atom. The molecule has 5 nitrogen and oxygen atoms in total. The molecule has 1 atom stereocenters. The van der Waals surface area contributed by atoms with E-state index in [-0.39, 0.29) is 16.7 Å². The van der Waals surface area contributed by atoms with Gasteiger partial charge in [0.05, 0.1) is 20.8 Å². The van der Waals surface area contributed by atoms with E-state index in [1.165, 1.54) is 21.5 Å². The number of Topliss-reactive ketones (excluding diaryl/α,β-unsaturated/α-hetero) is 1. The van der Waals surface area contributed by atoms with E-state index in [9.17, 15) is 4.79 Å². The summed E-state index contributed by atoms with van der Waals surface area (Å²) in [6, 6.07) is 34.4. The molecular formula is C41H49NO4Si. The third-order valence-corrected chi connectivity index (χ3v) is 15.4. The average molecular weight is 648 g/mol. The van der Waals surface area contributed by atoms with Crippen LogP contribution in [0.5, 0.6) is 11.5 Å². The minimum absolute atomic E-state index is 0.0534. The molecule has 47 heavy (non-hydrogen) atoms. The van der Waals surface area contributed by atoms with Crippen LogP contribution in [0.4, 0.5) is 0 Å². The highest BCUT2D eigenvalue weighted by molar-refractivity contribution is 6.99. The number of nitrogens with zero attached hydrogens (tertiary/aromatic N) is 1. The molecule has 1 fully saturated rings. The number of methoxy groups -OCH3 is 2. The number of benzene rings is 4. The van der Waals surface area contributed by atoms with Crippen molar-refractivity contribution in [3.63, 3.8) is 0 Å². The first-order valence-corrected chi connectivity index (χ1v) is 19.0. The largest absolute Gasteiger partial charge is 0.493 e. The van der Waals surface area contributed by atoms with E-state index in [0.717, 1.165) is 56.4 Å². The monoisotopic (exact) mass is 647 g/mol. The Balaban J connectivity index is 1.11. The molecule has 0 radical (unpaired) electrons. The van der Waals surface area contributed by atoms with Gasteiger partial charge in [-0.05, 0) is 88.9 Å². The van der Waals surface area contributed by atoms with Gasteiger partial charge in [0.2, 0.25) is 0 Å². The molecule has 4 aromatic rings. The minimum atomic E-state index is -2.63. The van der Waals surface area contributed by atoms with Crippen molar-refractivity contribution >= 4 is 24.5 Å². The molecule has 0 amide bonds. The second-order valence-corrected chi connectivity index (χ2v) is 18.6. The fraction of sp³-hybridized carbons (Fsp3) is 0.390. The Bertz CT molecular complexity index is 1620. The van der Waals surface area contributed by atoms with Gasteiger partial charge in [-0.25, -0.2) is 0 Å². The van der Waals surface area contributed by atoms with Crippen LogP contribution in [0, 0.1) is 11.8 Å². The summed E-state index contributed by atoms with van der Waals surface area (Å²) in [5, 5.41) is 2.55. The minimum Gasteiger partial charge on any atom is -0.493 e. The molecule has 1 heterocycles. The van der Waals surface area contributed by atoms with Crippen LogP contribution in [0.15, 0.2) is 97.1 Å². The Morgan fingerprint density at radius 1 is 0.766 bits per heavy atom. The molecule has 4 aromatic carbocycles. The van der Waals surface area contributed by atoms with Crippen LogP contribution >= 0.6 is 0 Å². The van der Waals surface area contributed by atoms with Crippen molar-refractivity contribution in [1.82, 2.24) is 4.90 Å². The van der Waals surface area contributed by atoms with Crippen molar-refractivity contribution in [1.29, 1.82) is 0 Å². The van der Waals surface area contributed by atoms with Gasteiger partial charge in [0, 0.05) is 18.0 Å². The maximum absolute atomic E-state index is 13.3. The zero-order valence-electron chi connectivity index (χ0n) is 28.6. The number of likely N-dealkylation sites (tertiary alicyclic amines) is 1. The molecule has 0 aromatic heterocycles. The van der Waals surface area contributed by atoms with Crippen LogP contribution in [0.3, 0.4) is 0 Å². The summed E-state index contributed by atoms with van der Waals surface area (Å²) < 4.78 is 18.3. The third-order valence-electron chi connectivity index (χ3n) is 10.4. The number of ether oxygens (including phenoxy) is 2. The molecule has 1 aliphatic heterocycles. The molecule has 0 bridgehead atoms. The van der Waals surface area contributed by atoms with E-state index in [1.807, 2.05) is 12.1 Å². The maximum atomic E-state index is 13.3. The average Bonchev–Trinajstić information content (AvgIpc) is 3.39. The first-order chi connectivity index (χ1) is 22.7. The standard InChI is InChI=1S/C41H49NO4Si/c1-41(2,3)47(35-16-8-6-9-17-35,36-18-10-7-11-19-36)46-29-32-15-13-12-14-31(32)28-42-22-20-30(21-23-42)24-34-25-33-26-38(44-4)39(45-5)27-37(33)40(34)43/h6-19,26-27,30,34H,20-25,28-29H2,1-5H3. The summed E-state index contributed by atoms with van der Waals surface area (Å²) >= 11 is 0. The van der Waals surface area contributed by atoms with Crippen LogP contribution in [-0.4, -0.2) is 46.3 Å². The van der Waals surface area contributed by atoms with E-state index in [1.54, 1.807) is 14.2 Å². The van der Waals surface area contributed by atoms with Gasteiger partial charge >= 0.3 is 0 Å². The van der Waals surface area contributed by atoms with Gasteiger partial charge in [0.25, 0.3) is 8.32 Å². The zero-order chi connectivity index (χ0) is 33.0. The van der Waals surface area contributed by atoms with Gasteiger partial charge in [-0.1, -0.05) is 106 Å². The van der Waals surface area contributed by atoms with Crippen LogP contribution in [0.1, 0.15) is 67.1 Å². The van der Waals surface area contributed by atoms with E-state index >= 15 is 0 Å². The van der Waals surface area contributed by atoms with E-state index in [2.05, 4.69) is 111 Å². The molecule has 0 saturated carbocycles.